The molecular formula is C22H28NNaO5. The molecule has 0 radical (unpaired) electrons. The summed E-state index contributed by atoms with van der Waals surface area (Å²) in [6, 6.07) is 9.51. The third kappa shape index (κ3) is 9.54. The number of methoxy groups -OCH3 is 1. The predicted molar refractivity (Wildman–Crippen MR) is 107 cm³/mol. The van der Waals surface area contributed by atoms with Crippen LogP contribution >= 0.6 is 0 Å². The molecule has 1 fully saturated rings. The summed E-state index contributed by atoms with van der Waals surface area (Å²) >= 11 is 0. The largest absolute Gasteiger partial charge is 1.00 e. The Morgan fingerprint density at radius 1 is 1.24 bits per heavy atom. The maximum Gasteiger partial charge on any atom is 1.00 e. The minimum absolute atomic E-state index is 0. The van der Waals surface area contributed by atoms with Gasteiger partial charge in [-0.05, 0) is 24.5 Å². The molecule has 1 aliphatic heterocycles. The van der Waals surface area contributed by atoms with Crippen LogP contribution in [0.3, 0.4) is 0 Å². The first-order valence-corrected chi connectivity index (χ1v) is 9.44. The van der Waals surface area contributed by atoms with E-state index in [1.165, 1.54) is 7.11 Å². The number of carbonyl (C=O) groups excluding carboxylic acids is 3. The van der Waals surface area contributed by atoms with E-state index in [0.29, 0.717) is 19.4 Å². The summed E-state index contributed by atoms with van der Waals surface area (Å²) in [4.78, 5) is 37.2. The fourth-order valence-corrected chi connectivity index (χ4v) is 2.98. The number of nitrogens with zero attached hydrogens (tertiary/aromatic N) is 1. The standard InChI is InChI=1S/C22H27NO5.Na.H/c1-27-22(26)17-28-15-6-5-14-23-19(10-7-11-21(23)25)12-13-20(24)16-18-8-3-2-4-9-18;;/h2-6,8-9,12-13,19H,7,10-11,14-17H2,1H3;;/q;+1;-1/t19-;;/m1../s1. The minimum atomic E-state index is -0.426. The number of ether oxygens (including phenoxy) is 2. The molecule has 0 saturated carbocycles. The second-order valence-electron chi connectivity index (χ2n) is 6.56. The van der Waals surface area contributed by atoms with Crippen LogP contribution in [-0.2, 0) is 30.3 Å². The second kappa shape index (κ2) is 14.3. The van der Waals surface area contributed by atoms with Crippen LogP contribution in [0.4, 0.5) is 0 Å². The van der Waals surface area contributed by atoms with Gasteiger partial charge in [0.1, 0.15) is 6.61 Å². The molecule has 1 atom stereocenters. The molecule has 6 nitrogen and oxygen atoms in total. The van der Waals surface area contributed by atoms with E-state index < -0.39 is 5.97 Å². The van der Waals surface area contributed by atoms with Gasteiger partial charge < -0.3 is 15.8 Å². The van der Waals surface area contributed by atoms with Crippen molar-refractivity contribution in [1.82, 2.24) is 4.90 Å². The van der Waals surface area contributed by atoms with Crippen molar-refractivity contribution in [2.24, 2.45) is 0 Å². The monoisotopic (exact) mass is 409 g/mol. The molecule has 1 heterocycles. The van der Waals surface area contributed by atoms with Crippen molar-refractivity contribution in [3.05, 3.63) is 60.2 Å². The zero-order valence-corrected chi connectivity index (χ0v) is 19.2. The number of rotatable bonds is 10. The van der Waals surface area contributed by atoms with Crippen LogP contribution in [0, 0.1) is 0 Å². The first-order valence-electron chi connectivity index (χ1n) is 9.44. The zero-order chi connectivity index (χ0) is 20.2. The van der Waals surface area contributed by atoms with Gasteiger partial charge in [0.25, 0.3) is 0 Å². The fourth-order valence-electron chi connectivity index (χ4n) is 2.98. The summed E-state index contributed by atoms with van der Waals surface area (Å²) < 4.78 is 9.63. The molecule has 0 N–H and O–H groups in total. The van der Waals surface area contributed by atoms with Crippen LogP contribution in [0.1, 0.15) is 26.3 Å². The summed E-state index contributed by atoms with van der Waals surface area (Å²) in [5.74, 6) is -0.322. The summed E-state index contributed by atoms with van der Waals surface area (Å²) in [5.41, 5.74) is 0.976. The van der Waals surface area contributed by atoms with E-state index in [9.17, 15) is 14.4 Å². The molecular weight excluding hydrogens is 381 g/mol. The first kappa shape index (κ1) is 25.3. The van der Waals surface area contributed by atoms with Crippen LogP contribution in [0.25, 0.3) is 0 Å². The van der Waals surface area contributed by atoms with Gasteiger partial charge in [-0.25, -0.2) is 4.79 Å². The number of hydrogen-bond acceptors (Lipinski definition) is 5. The third-order valence-electron chi connectivity index (χ3n) is 4.47. The third-order valence-corrected chi connectivity index (χ3v) is 4.47. The van der Waals surface area contributed by atoms with Crippen LogP contribution in [-0.4, -0.2) is 55.5 Å². The van der Waals surface area contributed by atoms with Crippen molar-refractivity contribution in [2.45, 2.75) is 31.7 Å². The number of esters is 1. The molecule has 0 aliphatic carbocycles. The fraction of sp³-hybridized carbons (Fsp3) is 0.409. The summed E-state index contributed by atoms with van der Waals surface area (Å²) in [6.07, 6.45) is 9.58. The molecule has 1 aromatic carbocycles. The summed E-state index contributed by atoms with van der Waals surface area (Å²) in [6.45, 7) is 0.619. The Kier molecular flexibility index (Phi) is 12.5. The minimum Gasteiger partial charge on any atom is -1.00 e. The van der Waals surface area contributed by atoms with Gasteiger partial charge in [0.2, 0.25) is 5.91 Å². The van der Waals surface area contributed by atoms with Gasteiger partial charge in [0.15, 0.2) is 5.78 Å². The predicted octanol–water partition coefficient (Wildman–Crippen LogP) is -0.402. The number of hydrogen-bond donors (Lipinski definition) is 0. The molecule has 1 saturated heterocycles. The van der Waals surface area contributed by atoms with Gasteiger partial charge in [-0.2, -0.15) is 0 Å². The SMILES string of the molecule is COC(=O)COCC=CCN1C(=O)CCC[C@@H]1C=CC(=O)Cc1ccccc1.[H-].[Na+]. The van der Waals surface area contributed by atoms with Crippen molar-refractivity contribution in [3.63, 3.8) is 0 Å². The first-order chi connectivity index (χ1) is 13.6. The Labute approximate surface area is 195 Å². The molecule has 152 valence electrons. The Bertz CT molecular complexity index is 723. The molecule has 7 heteroatoms. The Morgan fingerprint density at radius 2 is 2.00 bits per heavy atom. The average Bonchev–Trinajstić information content (AvgIpc) is 2.70. The second-order valence-corrected chi connectivity index (χ2v) is 6.56. The van der Waals surface area contributed by atoms with Crippen molar-refractivity contribution in [3.8, 4) is 0 Å². The van der Waals surface area contributed by atoms with Crippen LogP contribution in [0.15, 0.2) is 54.6 Å². The van der Waals surface area contributed by atoms with Crippen molar-refractivity contribution < 1.29 is 54.8 Å². The van der Waals surface area contributed by atoms with Crippen molar-refractivity contribution in [2.75, 3.05) is 26.9 Å². The number of piperidine rings is 1. The molecule has 2 rings (SSSR count). The number of allylic oxidation sites excluding steroid dienone is 1. The summed E-state index contributed by atoms with van der Waals surface area (Å²) in [5, 5.41) is 0. The Hall–Kier alpha value is -1.73. The molecule has 0 aromatic heterocycles. The van der Waals surface area contributed by atoms with E-state index in [1.54, 1.807) is 17.1 Å². The van der Waals surface area contributed by atoms with Gasteiger partial charge in [0, 0.05) is 19.4 Å². The maximum absolute atomic E-state index is 12.3. The van der Waals surface area contributed by atoms with Gasteiger partial charge in [0.05, 0.1) is 19.8 Å². The molecule has 0 unspecified atom stereocenters. The Morgan fingerprint density at radius 3 is 2.72 bits per heavy atom. The van der Waals surface area contributed by atoms with E-state index >= 15 is 0 Å². The average molecular weight is 409 g/mol. The van der Waals surface area contributed by atoms with E-state index in [0.717, 1.165) is 18.4 Å². The number of benzene rings is 1. The van der Waals surface area contributed by atoms with Crippen molar-refractivity contribution in [1.29, 1.82) is 0 Å². The van der Waals surface area contributed by atoms with Crippen molar-refractivity contribution >= 4 is 17.7 Å². The number of amides is 1. The number of carbonyl (C=O) groups is 3. The van der Waals surface area contributed by atoms with E-state index in [1.807, 2.05) is 42.5 Å². The van der Waals surface area contributed by atoms with E-state index in [4.69, 9.17) is 4.74 Å². The van der Waals surface area contributed by atoms with Gasteiger partial charge >= 0.3 is 35.5 Å². The zero-order valence-electron chi connectivity index (χ0n) is 18.2. The quantitative estimate of drug-likeness (QED) is 0.173. The molecule has 0 spiro atoms. The topological polar surface area (TPSA) is 72.9 Å². The molecule has 1 amide bonds. The normalized spacial score (nSPS) is 16.8. The Balaban J connectivity index is 0.00000420. The van der Waals surface area contributed by atoms with E-state index in [-0.39, 0.29) is 61.9 Å². The smallest absolute Gasteiger partial charge is 1.00 e. The van der Waals surface area contributed by atoms with Gasteiger partial charge in [-0.3, -0.25) is 9.59 Å². The maximum atomic E-state index is 12.3. The number of likely N-dealkylation sites (tertiary alicyclic amines) is 1. The molecule has 0 bridgehead atoms. The van der Waals surface area contributed by atoms with E-state index in [2.05, 4.69) is 4.74 Å². The molecule has 29 heavy (non-hydrogen) atoms. The van der Waals surface area contributed by atoms with Gasteiger partial charge in [-0.15, -0.1) is 0 Å². The molecule has 1 aliphatic rings. The molecule has 1 aromatic rings. The summed E-state index contributed by atoms with van der Waals surface area (Å²) in [7, 11) is 1.31. The van der Waals surface area contributed by atoms with Crippen LogP contribution in [0.5, 0.6) is 0 Å². The van der Waals surface area contributed by atoms with Crippen LogP contribution < -0.4 is 29.6 Å². The van der Waals surface area contributed by atoms with Gasteiger partial charge in [-0.1, -0.05) is 48.6 Å². The number of ketones is 1. The van der Waals surface area contributed by atoms with Crippen LogP contribution in [0.2, 0.25) is 0 Å².